The Morgan fingerprint density at radius 1 is 0.984 bits per heavy atom. The summed E-state index contributed by atoms with van der Waals surface area (Å²) in [6.07, 6.45) is 14.3. The lowest BCUT2D eigenvalue weighted by atomic mass is 9.59. The Morgan fingerprint density at radius 3 is 2.53 bits per heavy atom. The molecule has 15 nitrogen and oxygen atoms in total. The van der Waals surface area contributed by atoms with Gasteiger partial charge in [-0.25, -0.2) is 23.1 Å². The van der Waals surface area contributed by atoms with Crippen molar-refractivity contribution in [3.05, 3.63) is 106 Å². The lowest BCUT2D eigenvalue weighted by Gasteiger charge is -2.58. The minimum atomic E-state index is -4.59. The molecule has 2 aliphatic heterocycles. The van der Waals surface area contributed by atoms with Gasteiger partial charge in [-0.1, -0.05) is 57.4 Å². The Kier molecular flexibility index (Phi) is 12.4. The van der Waals surface area contributed by atoms with Crippen molar-refractivity contribution in [1.29, 1.82) is 0 Å². The molecule has 338 valence electrons. The van der Waals surface area contributed by atoms with Crippen LogP contribution in [-0.4, -0.2) is 96.4 Å². The predicted octanol–water partition coefficient (Wildman–Crippen LogP) is 8.63. The number of hydrogen-bond acceptors (Lipinski definition) is 12. The van der Waals surface area contributed by atoms with Crippen molar-refractivity contribution >= 4 is 44.2 Å². The molecule has 3 aromatic heterocycles. The highest BCUT2D eigenvalue weighted by Gasteiger charge is 2.50. The quantitative estimate of drug-likeness (QED) is 0.0758. The smallest absolute Gasteiger partial charge is 0.312 e. The molecule has 0 unspecified atom stereocenters. The molecular formula is C48H59N9O6S. The molecule has 16 heteroatoms. The summed E-state index contributed by atoms with van der Waals surface area (Å²) in [7, 11) is -2.36. The molecule has 9 rings (SSSR count). The molecule has 2 saturated heterocycles. The van der Waals surface area contributed by atoms with Crippen LogP contribution in [0.15, 0.2) is 84.1 Å². The number of aromatic nitrogens is 3. The number of benzene rings is 2. The highest BCUT2D eigenvalue weighted by atomic mass is 32.2. The summed E-state index contributed by atoms with van der Waals surface area (Å²) in [5.74, 6) is 0.397. The number of hydrogen-bond donors (Lipinski definition) is 3. The molecule has 5 aromatic rings. The van der Waals surface area contributed by atoms with Crippen molar-refractivity contribution in [3.63, 3.8) is 0 Å². The fourth-order valence-corrected chi connectivity index (χ4v) is 11.5. The van der Waals surface area contributed by atoms with Crippen molar-refractivity contribution in [2.75, 3.05) is 56.5 Å². The molecule has 1 amide bonds. The Bertz CT molecular complexity index is 2610. The third kappa shape index (κ3) is 9.18. The maximum absolute atomic E-state index is 14.0. The van der Waals surface area contributed by atoms with Crippen LogP contribution in [0.1, 0.15) is 105 Å². The number of carbonyl (C=O) groups excluding carboxylic acids is 1. The zero-order chi connectivity index (χ0) is 44.6. The Labute approximate surface area is 375 Å². The number of piperidine rings is 1. The van der Waals surface area contributed by atoms with E-state index >= 15 is 0 Å². The van der Waals surface area contributed by atoms with Crippen LogP contribution in [-0.2, 0) is 10.0 Å². The van der Waals surface area contributed by atoms with Gasteiger partial charge in [0.25, 0.3) is 15.9 Å². The molecule has 0 bridgehead atoms. The number of nitrogens with one attached hydrogen (secondary N) is 3. The lowest BCUT2D eigenvalue weighted by Crippen LogP contribution is -2.59. The normalized spacial score (nSPS) is 20.1. The van der Waals surface area contributed by atoms with E-state index in [-0.39, 0.29) is 22.5 Å². The van der Waals surface area contributed by atoms with Crippen molar-refractivity contribution in [1.82, 2.24) is 29.5 Å². The lowest BCUT2D eigenvalue weighted by molar-refractivity contribution is -0.384. The number of anilines is 2. The maximum atomic E-state index is 14.0. The van der Waals surface area contributed by atoms with Crippen molar-refractivity contribution in [2.45, 2.75) is 94.5 Å². The van der Waals surface area contributed by atoms with Crippen LogP contribution in [0.25, 0.3) is 11.0 Å². The second-order valence-electron chi connectivity index (χ2n) is 18.8. The average molecular weight is 890 g/mol. The summed E-state index contributed by atoms with van der Waals surface area (Å²) >= 11 is 0. The minimum Gasteiger partial charge on any atom is -0.455 e. The van der Waals surface area contributed by atoms with Crippen LogP contribution < -0.4 is 19.7 Å². The number of amides is 1. The summed E-state index contributed by atoms with van der Waals surface area (Å²) in [5, 5.41) is 15.9. The van der Waals surface area contributed by atoms with E-state index in [0.717, 1.165) is 94.6 Å². The minimum absolute atomic E-state index is 0.00665. The third-order valence-electron chi connectivity index (χ3n) is 14.3. The number of ether oxygens (including phenoxy) is 1. The molecule has 4 aliphatic rings. The topological polar surface area (TPSA) is 179 Å². The van der Waals surface area contributed by atoms with E-state index in [9.17, 15) is 23.3 Å². The maximum Gasteiger partial charge on any atom is 0.312 e. The van der Waals surface area contributed by atoms with Gasteiger partial charge in [0.15, 0.2) is 0 Å². The molecule has 2 aliphatic carbocycles. The second-order valence-corrected chi connectivity index (χ2v) is 20.5. The highest BCUT2D eigenvalue weighted by molar-refractivity contribution is 7.90. The van der Waals surface area contributed by atoms with E-state index in [0.29, 0.717) is 41.9 Å². The van der Waals surface area contributed by atoms with Crippen LogP contribution in [0.5, 0.6) is 11.5 Å². The van der Waals surface area contributed by atoms with Gasteiger partial charge >= 0.3 is 5.69 Å². The summed E-state index contributed by atoms with van der Waals surface area (Å²) < 4.78 is 35.9. The first-order chi connectivity index (χ1) is 30.8. The predicted molar refractivity (Wildman–Crippen MR) is 248 cm³/mol. The van der Waals surface area contributed by atoms with E-state index in [4.69, 9.17) is 4.74 Å². The van der Waals surface area contributed by atoms with Crippen molar-refractivity contribution in [3.8, 4) is 11.5 Å². The van der Waals surface area contributed by atoms with E-state index in [1.54, 1.807) is 30.6 Å². The standard InChI is InChI=1S/C48H59N9O6S/c1-32(2)39-11-7-8-12-40(39)43-31-54(3)21-22-56(43)36-26-48(27-36)16-19-55(20-17-48)35-13-14-41(44(24-35)63-37-23-34-15-18-49-45(34)51-29-37)47(58)53-64(61,62)38-25-42(57(59)60)46(52-30-38)50-28-33-9-5-4-6-10-33/h7-8,11-15,18,23-25,29-30,32-33,36,43H,4-6,9-10,16-17,19-22,26-28,31H2,1-3H3,(H,49,51)(H,50,52)(H,53,58)/t43-/m0/s1. The Hall–Kier alpha value is -5.58. The summed E-state index contributed by atoms with van der Waals surface area (Å²) in [6.45, 7) is 9.92. The summed E-state index contributed by atoms with van der Waals surface area (Å²) in [6, 6.07) is 19.7. The van der Waals surface area contributed by atoms with Gasteiger partial charge in [-0.05, 0) is 98.2 Å². The van der Waals surface area contributed by atoms with E-state index in [1.165, 1.54) is 30.4 Å². The fourth-order valence-electron chi connectivity index (χ4n) is 10.6. The molecule has 64 heavy (non-hydrogen) atoms. The number of likely N-dealkylation sites (N-methyl/N-ethyl adjacent to an activating group) is 1. The molecule has 2 saturated carbocycles. The molecule has 3 N–H and O–H groups in total. The number of rotatable bonds is 13. The van der Waals surface area contributed by atoms with Crippen LogP contribution >= 0.6 is 0 Å². The first-order valence-electron chi connectivity index (χ1n) is 22.8. The van der Waals surface area contributed by atoms with Crippen molar-refractivity contribution in [2.24, 2.45) is 11.3 Å². The van der Waals surface area contributed by atoms with Gasteiger partial charge in [-0.3, -0.25) is 19.8 Å². The number of H-pyrrole nitrogens is 1. The molecule has 2 aromatic carbocycles. The highest BCUT2D eigenvalue weighted by Crippen LogP contribution is 2.53. The molecular weight excluding hydrogens is 831 g/mol. The van der Waals surface area contributed by atoms with Gasteiger partial charge in [0, 0.05) is 80.8 Å². The van der Waals surface area contributed by atoms with Crippen LogP contribution in [0.3, 0.4) is 0 Å². The van der Waals surface area contributed by atoms with Gasteiger partial charge in [-0.15, -0.1) is 0 Å². The van der Waals surface area contributed by atoms with Crippen LogP contribution in [0.2, 0.25) is 0 Å². The van der Waals surface area contributed by atoms with Gasteiger partial charge < -0.3 is 24.8 Å². The number of aromatic amines is 1. The van der Waals surface area contributed by atoms with E-state index in [1.807, 2.05) is 12.1 Å². The SMILES string of the molecule is CC(C)c1ccccc1[C@@H]1CN(C)CCN1C1CC2(CCN(c3ccc(C(=O)NS(=O)(=O)c4cnc(NCC5CCCCC5)c([N+](=O)[O-])c4)c(Oc4cnc5[nH]ccc5c4)c3)CC2)C1. The average Bonchev–Trinajstić information content (AvgIpc) is 3.76. The van der Waals surface area contributed by atoms with Crippen LogP contribution in [0, 0.1) is 21.4 Å². The first kappa shape index (κ1) is 43.7. The number of sulfonamides is 1. The molecule has 1 atom stereocenters. The van der Waals surface area contributed by atoms with Crippen LogP contribution in [0.4, 0.5) is 17.2 Å². The van der Waals surface area contributed by atoms with Gasteiger partial charge in [-0.2, -0.15) is 0 Å². The number of pyridine rings is 2. The Balaban J connectivity index is 0.907. The number of piperazine rings is 1. The van der Waals surface area contributed by atoms with Gasteiger partial charge in [0.2, 0.25) is 5.82 Å². The molecule has 1 spiro atoms. The number of nitrogens with zero attached hydrogens (tertiary/aromatic N) is 6. The summed E-state index contributed by atoms with van der Waals surface area (Å²) in [4.78, 5) is 44.1. The molecule has 5 heterocycles. The number of carbonyl (C=O) groups is 1. The zero-order valence-electron chi connectivity index (χ0n) is 37.0. The zero-order valence-corrected chi connectivity index (χ0v) is 37.8. The van der Waals surface area contributed by atoms with E-state index in [2.05, 4.69) is 84.9 Å². The summed E-state index contributed by atoms with van der Waals surface area (Å²) in [5.41, 5.74) is 4.21. The molecule has 4 fully saturated rings. The second kappa shape index (κ2) is 18.1. The third-order valence-corrected chi connectivity index (χ3v) is 15.6. The van der Waals surface area contributed by atoms with Crippen molar-refractivity contribution < 1.29 is 22.9 Å². The van der Waals surface area contributed by atoms with E-state index < -0.39 is 31.4 Å². The number of nitro groups is 1. The molecule has 0 radical (unpaired) electrons. The Morgan fingerprint density at radius 2 is 1.77 bits per heavy atom. The van der Waals surface area contributed by atoms with Gasteiger partial charge in [0.05, 0.1) is 22.9 Å². The largest absolute Gasteiger partial charge is 0.455 e. The number of fused-ring (bicyclic) bond motifs is 1. The van der Waals surface area contributed by atoms with Gasteiger partial charge in [0.1, 0.15) is 22.0 Å². The first-order valence-corrected chi connectivity index (χ1v) is 24.3. The monoisotopic (exact) mass is 889 g/mol. The fraction of sp³-hybridized carbons (Fsp3) is 0.479.